The van der Waals surface area contributed by atoms with Gasteiger partial charge < -0.3 is 16.9 Å². The molecule has 0 aromatic carbocycles. The van der Waals surface area contributed by atoms with E-state index in [9.17, 15) is 0 Å². The topological polar surface area (TPSA) is 0 Å². The Morgan fingerprint density at radius 1 is 0.650 bits per heavy atom. The molecule has 0 heterocycles. The molecule has 0 fully saturated rings. The number of hydrogen-bond acceptors (Lipinski definition) is 0. The second kappa shape index (κ2) is 15.9. The molecule has 0 bridgehead atoms. The van der Waals surface area contributed by atoms with E-state index in [2.05, 4.69) is 20.9 Å². The number of halogens is 2. The van der Waals surface area contributed by atoms with Crippen LogP contribution in [-0.2, 0) is 0 Å². The molecule has 0 aliphatic carbocycles. The summed E-state index contributed by atoms with van der Waals surface area (Å²) in [6.45, 7) is 8.65. The van der Waals surface area contributed by atoms with Crippen LogP contribution >= 0.6 is 11.6 Å². The number of unbranched alkanes of at least 4 members (excludes halogenated alkanes) is 7. The van der Waals surface area contributed by atoms with E-state index in [4.69, 9.17) is 11.6 Å². The summed E-state index contributed by atoms with van der Waals surface area (Å²) in [7, 11) is 2.46. The van der Waals surface area contributed by atoms with Gasteiger partial charge >= 0.3 is 0 Å². The molecule has 0 aliphatic rings. The standard InChI is InChI=1S/C17H37ClN.ClH/c1-4-6-8-11-15-19(3,17-13-10-14-18)16-12-9-7-5-2;/h4-17H2,1-3H3;1H/q+1;/p-1. The fraction of sp³-hybridized carbons (Fsp3) is 1.00. The molecule has 0 atom stereocenters. The molecule has 0 spiro atoms. The van der Waals surface area contributed by atoms with Gasteiger partial charge in [0.15, 0.2) is 0 Å². The highest BCUT2D eigenvalue weighted by Gasteiger charge is 2.19. The van der Waals surface area contributed by atoms with Gasteiger partial charge in [0.2, 0.25) is 0 Å². The Bertz CT molecular complexity index is 174. The second-order valence-electron chi connectivity index (χ2n) is 6.31. The van der Waals surface area contributed by atoms with Crippen LogP contribution in [0.25, 0.3) is 0 Å². The molecule has 0 aromatic rings. The Hall–Kier alpha value is 0.540. The molecule has 0 radical (unpaired) electrons. The van der Waals surface area contributed by atoms with Crippen molar-refractivity contribution in [2.45, 2.75) is 78.1 Å². The van der Waals surface area contributed by atoms with E-state index in [0.29, 0.717) is 0 Å². The van der Waals surface area contributed by atoms with Gasteiger partial charge in [0, 0.05) is 5.88 Å². The Labute approximate surface area is 139 Å². The van der Waals surface area contributed by atoms with Crippen molar-refractivity contribution < 1.29 is 16.9 Å². The first-order valence-electron chi connectivity index (χ1n) is 8.58. The summed E-state index contributed by atoms with van der Waals surface area (Å²) in [5, 5.41) is 0. The van der Waals surface area contributed by atoms with Gasteiger partial charge in [-0.15, -0.1) is 11.6 Å². The van der Waals surface area contributed by atoms with E-state index in [1.807, 2.05) is 0 Å². The maximum atomic E-state index is 5.81. The van der Waals surface area contributed by atoms with Gasteiger partial charge in [-0.1, -0.05) is 39.5 Å². The molecular formula is C17H37Cl2N. The molecule has 0 aliphatic heterocycles. The molecule has 20 heavy (non-hydrogen) atoms. The quantitative estimate of drug-likeness (QED) is 0.261. The highest BCUT2D eigenvalue weighted by molar-refractivity contribution is 6.17. The molecule has 1 nitrogen and oxygen atoms in total. The second-order valence-corrected chi connectivity index (χ2v) is 6.69. The molecule has 0 saturated carbocycles. The third kappa shape index (κ3) is 13.5. The fourth-order valence-corrected chi connectivity index (χ4v) is 2.95. The minimum absolute atomic E-state index is 0. The van der Waals surface area contributed by atoms with E-state index in [1.54, 1.807) is 0 Å². The summed E-state index contributed by atoms with van der Waals surface area (Å²) in [4.78, 5) is 0. The lowest BCUT2D eigenvalue weighted by atomic mass is 10.1. The van der Waals surface area contributed by atoms with Crippen LogP contribution in [0.5, 0.6) is 0 Å². The van der Waals surface area contributed by atoms with E-state index in [1.165, 1.54) is 88.3 Å². The van der Waals surface area contributed by atoms with Gasteiger partial charge in [-0.05, 0) is 38.5 Å². The van der Waals surface area contributed by atoms with Crippen molar-refractivity contribution in [3.63, 3.8) is 0 Å². The summed E-state index contributed by atoms with van der Waals surface area (Å²) in [5.74, 6) is 0.825. The van der Waals surface area contributed by atoms with Crippen LogP contribution in [0.3, 0.4) is 0 Å². The fourth-order valence-electron chi connectivity index (χ4n) is 2.76. The van der Waals surface area contributed by atoms with Crippen molar-refractivity contribution in [3.05, 3.63) is 0 Å². The molecule has 0 unspecified atom stereocenters. The predicted molar refractivity (Wildman–Crippen MR) is 89.0 cm³/mol. The zero-order valence-electron chi connectivity index (χ0n) is 14.1. The number of rotatable bonds is 14. The minimum Gasteiger partial charge on any atom is -1.00 e. The summed E-state index contributed by atoms with van der Waals surface area (Å²) in [6, 6.07) is 0. The maximum Gasteiger partial charge on any atom is 0.0784 e. The van der Waals surface area contributed by atoms with Crippen molar-refractivity contribution in [3.8, 4) is 0 Å². The van der Waals surface area contributed by atoms with Crippen LogP contribution in [0, 0.1) is 0 Å². The van der Waals surface area contributed by atoms with Gasteiger partial charge in [-0.2, -0.15) is 0 Å². The van der Waals surface area contributed by atoms with Crippen LogP contribution in [0.4, 0.5) is 0 Å². The number of nitrogens with zero attached hydrogens (tertiary/aromatic N) is 1. The lowest BCUT2D eigenvalue weighted by molar-refractivity contribution is -0.910. The predicted octanol–water partition coefficient (Wildman–Crippen LogP) is 2.62. The highest BCUT2D eigenvalue weighted by atomic mass is 35.5. The van der Waals surface area contributed by atoms with E-state index < -0.39 is 0 Å². The summed E-state index contributed by atoms with van der Waals surface area (Å²) >= 11 is 5.81. The SMILES string of the molecule is CCCCCC[N+](C)(CCCCCl)CCCCCC.[Cl-]. The molecule has 0 N–H and O–H groups in total. The first kappa shape index (κ1) is 22.8. The Morgan fingerprint density at radius 3 is 1.40 bits per heavy atom. The highest BCUT2D eigenvalue weighted by Crippen LogP contribution is 2.13. The van der Waals surface area contributed by atoms with Gasteiger partial charge in [0.05, 0.1) is 26.7 Å². The third-order valence-corrected chi connectivity index (χ3v) is 4.45. The van der Waals surface area contributed by atoms with Crippen LogP contribution in [0.2, 0.25) is 0 Å². The Balaban J connectivity index is 0. The Kier molecular flexibility index (Phi) is 18.2. The van der Waals surface area contributed by atoms with E-state index in [0.717, 1.165) is 5.88 Å². The van der Waals surface area contributed by atoms with Crippen molar-refractivity contribution >= 4 is 11.6 Å². The van der Waals surface area contributed by atoms with Crippen molar-refractivity contribution in [1.29, 1.82) is 0 Å². The molecule has 3 heteroatoms. The van der Waals surface area contributed by atoms with Gasteiger partial charge in [0.25, 0.3) is 0 Å². The van der Waals surface area contributed by atoms with Gasteiger partial charge in [0.1, 0.15) is 0 Å². The molecule has 0 saturated heterocycles. The maximum absolute atomic E-state index is 5.81. The van der Waals surface area contributed by atoms with E-state index >= 15 is 0 Å². The van der Waals surface area contributed by atoms with Crippen LogP contribution < -0.4 is 12.4 Å². The van der Waals surface area contributed by atoms with Gasteiger partial charge in [-0.3, -0.25) is 0 Å². The smallest absolute Gasteiger partial charge is 0.0784 e. The van der Waals surface area contributed by atoms with Crippen LogP contribution in [0.15, 0.2) is 0 Å². The third-order valence-electron chi connectivity index (χ3n) is 4.18. The molecule has 124 valence electrons. The van der Waals surface area contributed by atoms with Crippen LogP contribution in [-0.4, -0.2) is 37.0 Å². The van der Waals surface area contributed by atoms with Crippen molar-refractivity contribution in [2.75, 3.05) is 32.6 Å². The monoisotopic (exact) mass is 325 g/mol. The number of quaternary nitrogens is 1. The van der Waals surface area contributed by atoms with Crippen LogP contribution in [0.1, 0.15) is 78.1 Å². The van der Waals surface area contributed by atoms with Crippen molar-refractivity contribution in [1.82, 2.24) is 0 Å². The summed E-state index contributed by atoms with van der Waals surface area (Å²) in [5.41, 5.74) is 0. The lowest BCUT2D eigenvalue weighted by Crippen LogP contribution is -3.00. The molecule has 0 aromatic heterocycles. The Morgan fingerprint density at radius 2 is 1.05 bits per heavy atom. The number of alkyl halides is 1. The normalized spacial score (nSPS) is 11.4. The lowest BCUT2D eigenvalue weighted by Gasteiger charge is -2.35. The van der Waals surface area contributed by atoms with Crippen molar-refractivity contribution in [2.24, 2.45) is 0 Å². The molecular weight excluding hydrogens is 289 g/mol. The minimum atomic E-state index is 0. The molecule has 0 rings (SSSR count). The summed E-state index contributed by atoms with van der Waals surface area (Å²) < 4.78 is 1.28. The first-order chi connectivity index (χ1) is 9.18. The molecule has 0 amide bonds. The average Bonchev–Trinajstić information content (AvgIpc) is 2.41. The zero-order valence-corrected chi connectivity index (χ0v) is 15.6. The van der Waals surface area contributed by atoms with Gasteiger partial charge in [-0.25, -0.2) is 0 Å². The average molecular weight is 326 g/mol. The zero-order chi connectivity index (χ0) is 14.4. The number of hydrogen-bond donors (Lipinski definition) is 0. The summed E-state index contributed by atoms with van der Waals surface area (Å²) in [6.07, 6.45) is 13.6. The van der Waals surface area contributed by atoms with E-state index in [-0.39, 0.29) is 12.4 Å². The first-order valence-corrected chi connectivity index (χ1v) is 9.11. The largest absolute Gasteiger partial charge is 1.00 e.